The van der Waals surface area contributed by atoms with E-state index >= 15 is 0 Å². The molecule has 0 bridgehead atoms. The topological polar surface area (TPSA) is 58.5 Å². The third kappa shape index (κ3) is 6.91. The Morgan fingerprint density at radius 3 is 2.71 bits per heavy atom. The minimum absolute atomic E-state index is 0.124. The lowest BCUT2D eigenvalue weighted by Gasteiger charge is -2.14. The van der Waals surface area contributed by atoms with E-state index in [9.17, 15) is 0 Å². The number of thiazole rings is 1. The van der Waals surface area contributed by atoms with Gasteiger partial charge in [0.25, 0.3) is 0 Å². The molecule has 1 aromatic heterocycles. The van der Waals surface area contributed by atoms with Crippen LogP contribution in [-0.2, 0) is 16.6 Å². The Kier molecular flexibility index (Phi) is 7.67. The normalized spacial score (nSPS) is 12.5. The number of aromatic nitrogens is 1. The van der Waals surface area contributed by atoms with E-state index < -0.39 is 0 Å². The maximum atomic E-state index is 5.01. The monoisotopic (exact) mass is 312 g/mol. The molecule has 0 aliphatic heterocycles. The fraction of sp³-hybridized carbons (Fsp3) is 0.733. The number of hydrogen-bond donors (Lipinski definition) is 2. The van der Waals surface area contributed by atoms with Gasteiger partial charge >= 0.3 is 0 Å². The molecule has 0 spiro atoms. The van der Waals surface area contributed by atoms with E-state index in [4.69, 9.17) is 9.72 Å². The van der Waals surface area contributed by atoms with Crippen molar-refractivity contribution in [1.82, 2.24) is 15.6 Å². The van der Waals surface area contributed by atoms with Gasteiger partial charge in [0, 0.05) is 37.4 Å². The second kappa shape index (κ2) is 9.00. The molecule has 1 aromatic rings. The first kappa shape index (κ1) is 17.9. The Hall–Kier alpha value is -1.14. The molecule has 0 radical (unpaired) electrons. The summed E-state index contributed by atoms with van der Waals surface area (Å²) in [6, 6.07) is 0. The Balaban J connectivity index is 2.43. The SMILES string of the molecule is CCNC(=NCCOC)NCCc1nc(C(C)(C)C)cs1. The highest BCUT2D eigenvalue weighted by Gasteiger charge is 2.17. The Morgan fingerprint density at radius 2 is 2.14 bits per heavy atom. The van der Waals surface area contributed by atoms with Crippen LogP contribution in [0.3, 0.4) is 0 Å². The first-order chi connectivity index (χ1) is 9.97. The van der Waals surface area contributed by atoms with Crippen LogP contribution in [0, 0.1) is 0 Å². The lowest BCUT2D eigenvalue weighted by atomic mass is 9.93. The maximum absolute atomic E-state index is 5.01. The Morgan fingerprint density at radius 1 is 1.38 bits per heavy atom. The van der Waals surface area contributed by atoms with E-state index in [2.05, 4.69) is 48.7 Å². The molecule has 2 N–H and O–H groups in total. The zero-order chi connectivity index (χ0) is 15.7. The number of methoxy groups -OCH3 is 1. The molecule has 5 nitrogen and oxygen atoms in total. The lowest BCUT2D eigenvalue weighted by molar-refractivity contribution is 0.208. The van der Waals surface area contributed by atoms with Crippen molar-refractivity contribution in [3.63, 3.8) is 0 Å². The number of ether oxygens (including phenoxy) is 1. The van der Waals surface area contributed by atoms with Gasteiger partial charge < -0.3 is 15.4 Å². The van der Waals surface area contributed by atoms with Crippen molar-refractivity contribution in [2.24, 2.45) is 4.99 Å². The first-order valence-electron chi connectivity index (χ1n) is 7.43. The smallest absolute Gasteiger partial charge is 0.191 e. The van der Waals surface area contributed by atoms with E-state index in [0.717, 1.165) is 25.5 Å². The van der Waals surface area contributed by atoms with Crippen molar-refractivity contribution in [2.45, 2.75) is 39.5 Å². The highest BCUT2D eigenvalue weighted by atomic mass is 32.1. The fourth-order valence-corrected chi connectivity index (χ4v) is 2.67. The van der Waals surface area contributed by atoms with Crippen molar-refractivity contribution in [2.75, 3.05) is 33.4 Å². The van der Waals surface area contributed by atoms with Gasteiger partial charge in [-0.05, 0) is 6.92 Å². The van der Waals surface area contributed by atoms with Crippen LogP contribution in [0.1, 0.15) is 38.4 Å². The number of guanidine groups is 1. The minimum atomic E-state index is 0.124. The van der Waals surface area contributed by atoms with Crippen molar-refractivity contribution in [1.29, 1.82) is 0 Å². The molecular weight excluding hydrogens is 284 g/mol. The molecule has 0 saturated heterocycles. The molecule has 6 heteroatoms. The third-order valence-corrected chi connectivity index (χ3v) is 3.77. The predicted molar refractivity (Wildman–Crippen MR) is 90.4 cm³/mol. The quantitative estimate of drug-likeness (QED) is 0.460. The number of aliphatic imine (C=N–C) groups is 1. The van der Waals surface area contributed by atoms with Crippen molar-refractivity contribution in [3.05, 3.63) is 16.1 Å². The van der Waals surface area contributed by atoms with Crippen LogP contribution >= 0.6 is 11.3 Å². The predicted octanol–water partition coefficient (Wildman–Crippen LogP) is 2.18. The molecule has 120 valence electrons. The van der Waals surface area contributed by atoms with Crippen LogP contribution in [0.2, 0.25) is 0 Å². The van der Waals surface area contributed by atoms with Gasteiger partial charge in [0.1, 0.15) is 0 Å². The number of hydrogen-bond acceptors (Lipinski definition) is 4. The van der Waals surface area contributed by atoms with Gasteiger partial charge in [-0.15, -0.1) is 11.3 Å². The molecule has 0 atom stereocenters. The molecule has 0 unspecified atom stereocenters. The third-order valence-electron chi connectivity index (χ3n) is 2.86. The summed E-state index contributed by atoms with van der Waals surface area (Å²) in [5.74, 6) is 0.835. The molecule has 0 amide bonds. The summed E-state index contributed by atoms with van der Waals surface area (Å²) >= 11 is 1.73. The highest BCUT2D eigenvalue weighted by Crippen LogP contribution is 2.23. The largest absolute Gasteiger partial charge is 0.383 e. The first-order valence-corrected chi connectivity index (χ1v) is 8.31. The molecule has 1 heterocycles. The van der Waals surface area contributed by atoms with Gasteiger partial charge in [-0.2, -0.15) is 0 Å². The van der Waals surface area contributed by atoms with Gasteiger partial charge in [-0.3, -0.25) is 4.99 Å². The van der Waals surface area contributed by atoms with E-state index in [1.807, 2.05) is 0 Å². The van der Waals surface area contributed by atoms with Gasteiger partial charge in [-0.1, -0.05) is 20.8 Å². The maximum Gasteiger partial charge on any atom is 0.191 e. The molecule has 0 aromatic carbocycles. The van der Waals surface area contributed by atoms with E-state index in [-0.39, 0.29) is 5.41 Å². The molecule has 0 fully saturated rings. The number of nitrogens with one attached hydrogen (secondary N) is 2. The van der Waals surface area contributed by atoms with Crippen LogP contribution in [0.15, 0.2) is 10.4 Å². The summed E-state index contributed by atoms with van der Waals surface area (Å²) < 4.78 is 5.01. The van der Waals surface area contributed by atoms with Gasteiger partial charge in [0.15, 0.2) is 5.96 Å². The lowest BCUT2D eigenvalue weighted by Crippen LogP contribution is -2.38. The summed E-state index contributed by atoms with van der Waals surface area (Å²) in [6.07, 6.45) is 0.912. The number of rotatable bonds is 7. The molecule has 0 saturated carbocycles. The molecule has 1 rings (SSSR count). The van der Waals surface area contributed by atoms with E-state index in [0.29, 0.717) is 13.2 Å². The van der Waals surface area contributed by atoms with Crippen LogP contribution < -0.4 is 10.6 Å². The van der Waals surface area contributed by atoms with Gasteiger partial charge in [-0.25, -0.2) is 4.98 Å². The Bertz CT molecular complexity index is 437. The van der Waals surface area contributed by atoms with Gasteiger partial charge in [0.05, 0.1) is 23.9 Å². The van der Waals surface area contributed by atoms with Crippen molar-refractivity contribution >= 4 is 17.3 Å². The fourth-order valence-electron chi connectivity index (χ4n) is 1.65. The molecule has 0 aliphatic rings. The van der Waals surface area contributed by atoms with Crippen LogP contribution in [0.25, 0.3) is 0 Å². The summed E-state index contributed by atoms with van der Waals surface area (Å²) in [5, 5.41) is 9.88. The zero-order valence-corrected chi connectivity index (χ0v) is 14.6. The highest BCUT2D eigenvalue weighted by molar-refractivity contribution is 7.09. The van der Waals surface area contributed by atoms with Gasteiger partial charge in [0.2, 0.25) is 0 Å². The standard InChI is InChI=1S/C15H28N4OS/c1-6-16-14(18-9-10-20-5)17-8-7-13-19-12(11-21-13)15(2,3)4/h11H,6-10H2,1-5H3,(H2,16,17,18). The van der Waals surface area contributed by atoms with Crippen LogP contribution in [0.5, 0.6) is 0 Å². The average Bonchev–Trinajstić information content (AvgIpc) is 2.88. The second-order valence-corrected chi connectivity index (χ2v) is 6.75. The zero-order valence-electron chi connectivity index (χ0n) is 13.8. The average molecular weight is 312 g/mol. The van der Waals surface area contributed by atoms with E-state index in [1.54, 1.807) is 18.4 Å². The van der Waals surface area contributed by atoms with Crippen LogP contribution in [-0.4, -0.2) is 44.3 Å². The Labute approximate surface area is 132 Å². The van der Waals surface area contributed by atoms with Crippen molar-refractivity contribution in [3.8, 4) is 0 Å². The van der Waals surface area contributed by atoms with Crippen molar-refractivity contribution < 1.29 is 4.74 Å². The summed E-state index contributed by atoms with van der Waals surface area (Å²) in [6.45, 7) is 11.6. The van der Waals surface area contributed by atoms with Crippen LogP contribution in [0.4, 0.5) is 0 Å². The summed E-state index contributed by atoms with van der Waals surface area (Å²) in [4.78, 5) is 9.13. The molecule has 0 aliphatic carbocycles. The molecule has 21 heavy (non-hydrogen) atoms. The summed E-state index contributed by atoms with van der Waals surface area (Å²) in [7, 11) is 1.69. The molecular formula is C15H28N4OS. The summed E-state index contributed by atoms with van der Waals surface area (Å²) in [5.41, 5.74) is 1.29. The van der Waals surface area contributed by atoms with E-state index in [1.165, 1.54) is 10.7 Å². The number of nitrogens with zero attached hydrogens (tertiary/aromatic N) is 2. The minimum Gasteiger partial charge on any atom is -0.383 e. The second-order valence-electron chi connectivity index (χ2n) is 5.81.